The largest absolute Gasteiger partial charge is 0.624 e. The quantitative estimate of drug-likeness (QED) is 0.357. The minimum atomic E-state index is 0.114. The van der Waals surface area contributed by atoms with Crippen LogP contribution in [-0.4, -0.2) is 24.1 Å². The molecule has 3 rings (SSSR count). The first kappa shape index (κ1) is 15.0. The standard InChI is InChI=1S/C17H19NO3S/c1-20-14-6-9-16(10-7-14)22-17-11-8-15(21-17)12-18(19)13-4-2-3-5-13/h6-13H,2-5H2,1H3. The highest BCUT2D eigenvalue weighted by Crippen LogP contribution is 2.30. The summed E-state index contributed by atoms with van der Waals surface area (Å²) in [6.07, 6.45) is 5.82. The zero-order chi connectivity index (χ0) is 15.4. The topological polar surface area (TPSA) is 48.4 Å². The van der Waals surface area contributed by atoms with Gasteiger partial charge in [0.1, 0.15) is 5.75 Å². The highest BCUT2D eigenvalue weighted by atomic mass is 32.2. The molecule has 1 aromatic carbocycles. The van der Waals surface area contributed by atoms with Gasteiger partial charge in [0, 0.05) is 17.7 Å². The van der Waals surface area contributed by atoms with Gasteiger partial charge in [0.2, 0.25) is 6.21 Å². The fraction of sp³-hybridized carbons (Fsp3) is 0.353. The molecule has 1 heterocycles. The Hall–Kier alpha value is -1.88. The third-order valence-corrected chi connectivity index (χ3v) is 4.75. The highest BCUT2D eigenvalue weighted by Gasteiger charge is 2.21. The molecule has 0 atom stereocenters. The van der Waals surface area contributed by atoms with E-state index in [9.17, 15) is 5.21 Å². The van der Waals surface area contributed by atoms with Crippen molar-refractivity contribution >= 4 is 18.0 Å². The van der Waals surface area contributed by atoms with E-state index in [0.717, 1.165) is 46.2 Å². The molecule has 2 aromatic rings. The Bertz CT molecular complexity index is 642. The molecule has 1 aromatic heterocycles. The molecule has 0 saturated heterocycles. The molecule has 0 amide bonds. The summed E-state index contributed by atoms with van der Waals surface area (Å²) in [6.45, 7) is 0. The molecule has 1 saturated carbocycles. The number of benzene rings is 1. The second kappa shape index (κ2) is 6.92. The minimum Gasteiger partial charge on any atom is -0.624 e. The molecule has 5 heteroatoms. The van der Waals surface area contributed by atoms with Gasteiger partial charge < -0.3 is 14.4 Å². The van der Waals surface area contributed by atoms with Crippen LogP contribution in [0.3, 0.4) is 0 Å². The Balaban J connectivity index is 1.66. The Labute approximate surface area is 134 Å². The zero-order valence-electron chi connectivity index (χ0n) is 12.5. The van der Waals surface area contributed by atoms with Crippen molar-refractivity contribution in [2.45, 2.75) is 41.7 Å². The Morgan fingerprint density at radius 2 is 1.91 bits per heavy atom. The summed E-state index contributed by atoms with van der Waals surface area (Å²) in [5.74, 6) is 1.44. The second-order valence-electron chi connectivity index (χ2n) is 5.36. The summed E-state index contributed by atoms with van der Waals surface area (Å²) >= 11 is 1.52. The molecule has 116 valence electrons. The molecule has 0 radical (unpaired) electrons. The van der Waals surface area contributed by atoms with E-state index in [1.807, 2.05) is 36.4 Å². The molecular weight excluding hydrogens is 298 g/mol. The first-order valence-corrected chi connectivity index (χ1v) is 8.28. The van der Waals surface area contributed by atoms with Crippen LogP contribution in [-0.2, 0) is 0 Å². The van der Waals surface area contributed by atoms with Gasteiger partial charge in [-0.15, -0.1) is 0 Å². The van der Waals surface area contributed by atoms with Gasteiger partial charge in [0.25, 0.3) is 0 Å². The molecule has 0 unspecified atom stereocenters. The van der Waals surface area contributed by atoms with Crippen molar-refractivity contribution in [2.24, 2.45) is 0 Å². The van der Waals surface area contributed by atoms with E-state index in [0.29, 0.717) is 5.76 Å². The SMILES string of the molecule is COc1ccc(Sc2ccc(C=[N+]([O-])C3CCCC3)o2)cc1. The summed E-state index contributed by atoms with van der Waals surface area (Å²) in [7, 11) is 1.65. The number of hydrogen-bond donors (Lipinski definition) is 0. The Kier molecular flexibility index (Phi) is 4.73. The van der Waals surface area contributed by atoms with E-state index in [1.165, 1.54) is 11.8 Å². The van der Waals surface area contributed by atoms with Gasteiger partial charge in [-0.2, -0.15) is 0 Å². The van der Waals surface area contributed by atoms with Crippen molar-refractivity contribution in [1.82, 2.24) is 0 Å². The molecule has 4 nitrogen and oxygen atoms in total. The maximum absolute atomic E-state index is 12.0. The molecule has 0 spiro atoms. The predicted octanol–water partition coefficient (Wildman–Crippen LogP) is 4.31. The highest BCUT2D eigenvalue weighted by molar-refractivity contribution is 7.99. The third-order valence-electron chi connectivity index (χ3n) is 3.82. The number of methoxy groups -OCH3 is 1. The molecule has 1 aliphatic rings. The fourth-order valence-corrected chi connectivity index (χ4v) is 3.39. The van der Waals surface area contributed by atoms with Crippen molar-refractivity contribution in [2.75, 3.05) is 7.11 Å². The average Bonchev–Trinajstić information content (AvgIpc) is 3.20. The van der Waals surface area contributed by atoms with E-state index < -0.39 is 0 Å². The molecule has 0 bridgehead atoms. The summed E-state index contributed by atoms with van der Waals surface area (Å²) in [5.41, 5.74) is 0. The van der Waals surface area contributed by atoms with Crippen molar-refractivity contribution in [3.05, 3.63) is 47.4 Å². The second-order valence-corrected chi connectivity index (χ2v) is 6.44. The lowest BCUT2D eigenvalue weighted by Gasteiger charge is -2.09. The Morgan fingerprint density at radius 1 is 1.18 bits per heavy atom. The van der Waals surface area contributed by atoms with Crippen molar-refractivity contribution < 1.29 is 13.9 Å². The van der Waals surface area contributed by atoms with Crippen LogP contribution in [0.15, 0.2) is 50.8 Å². The number of hydroxylamine groups is 1. The van der Waals surface area contributed by atoms with Crippen molar-refractivity contribution in [3.63, 3.8) is 0 Å². The van der Waals surface area contributed by atoms with Gasteiger partial charge in [-0.05, 0) is 49.2 Å². The van der Waals surface area contributed by atoms with Gasteiger partial charge >= 0.3 is 0 Å². The van der Waals surface area contributed by atoms with Crippen LogP contribution >= 0.6 is 11.8 Å². The lowest BCUT2D eigenvalue weighted by atomic mass is 10.3. The Morgan fingerprint density at radius 3 is 2.59 bits per heavy atom. The van der Waals surface area contributed by atoms with E-state index >= 15 is 0 Å². The van der Waals surface area contributed by atoms with Crippen molar-refractivity contribution in [3.8, 4) is 5.75 Å². The van der Waals surface area contributed by atoms with Gasteiger partial charge in [-0.25, -0.2) is 4.74 Å². The molecule has 0 aliphatic heterocycles. The fourth-order valence-electron chi connectivity index (χ4n) is 2.61. The number of furan rings is 1. The zero-order valence-corrected chi connectivity index (χ0v) is 13.3. The third kappa shape index (κ3) is 3.65. The maximum Gasteiger partial charge on any atom is 0.217 e. The number of rotatable bonds is 5. The summed E-state index contributed by atoms with van der Waals surface area (Å²) < 4.78 is 11.9. The predicted molar refractivity (Wildman–Crippen MR) is 86.9 cm³/mol. The van der Waals surface area contributed by atoms with Crippen LogP contribution in [0.5, 0.6) is 5.75 Å². The average molecular weight is 317 g/mol. The lowest BCUT2D eigenvalue weighted by molar-refractivity contribution is -0.494. The number of hydrogen-bond acceptors (Lipinski definition) is 4. The van der Waals surface area contributed by atoms with Gasteiger partial charge in [-0.3, -0.25) is 0 Å². The van der Waals surface area contributed by atoms with Crippen LogP contribution in [0.2, 0.25) is 0 Å². The monoisotopic (exact) mass is 317 g/mol. The number of ether oxygens (including phenoxy) is 1. The molecule has 1 fully saturated rings. The first-order valence-electron chi connectivity index (χ1n) is 7.47. The van der Waals surface area contributed by atoms with Crippen LogP contribution in [0, 0.1) is 5.21 Å². The molecule has 1 aliphatic carbocycles. The van der Waals surface area contributed by atoms with Crippen molar-refractivity contribution in [1.29, 1.82) is 0 Å². The maximum atomic E-state index is 12.0. The summed E-state index contributed by atoms with van der Waals surface area (Å²) in [5, 5.41) is 12.8. The van der Waals surface area contributed by atoms with Crippen LogP contribution in [0.1, 0.15) is 31.4 Å². The number of nitrogens with zero attached hydrogens (tertiary/aromatic N) is 1. The van der Waals surface area contributed by atoms with E-state index in [4.69, 9.17) is 9.15 Å². The van der Waals surface area contributed by atoms with E-state index in [1.54, 1.807) is 13.3 Å². The van der Waals surface area contributed by atoms with Gasteiger partial charge in [0.05, 0.1) is 7.11 Å². The smallest absolute Gasteiger partial charge is 0.217 e. The van der Waals surface area contributed by atoms with Crippen LogP contribution in [0.25, 0.3) is 0 Å². The van der Waals surface area contributed by atoms with Crippen LogP contribution < -0.4 is 4.74 Å². The van der Waals surface area contributed by atoms with Crippen LogP contribution in [0.4, 0.5) is 0 Å². The van der Waals surface area contributed by atoms with E-state index in [-0.39, 0.29) is 6.04 Å². The molecular formula is C17H19NO3S. The molecule has 0 N–H and O–H groups in total. The summed E-state index contributed by atoms with van der Waals surface area (Å²) in [6, 6.07) is 11.6. The lowest BCUT2D eigenvalue weighted by Crippen LogP contribution is -2.18. The molecule has 22 heavy (non-hydrogen) atoms. The first-order chi connectivity index (χ1) is 10.7. The van der Waals surface area contributed by atoms with E-state index in [2.05, 4.69) is 0 Å². The minimum absolute atomic E-state index is 0.114. The summed E-state index contributed by atoms with van der Waals surface area (Å²) in [4.78, 5) is 1.07. The van der Waals surface area contributed by atoms with Gasteiger partial charge in [0.15, 0.2) is 16.9 Å². The van der Waals surface area contributed by atoms with Gasteiger partial charge in [-0.1, -0.05) is 11.8 Å². The normalized spacial score (nSPS) is 16.1.